The lowest BCUT2D eigenvalue weighted by Gasteiger charge is -2.32. The fraction of sp³-hybridized carbons (Fsp3) is 0.394. The molecule has 3 rings (SSSR count). The normalized spacial score (nSPS) is 12.3. The lowest BCUT2D eigenvalue weighted by atomic mass is 10.0. The van der Waals surface area contributed by atoms with Crippen molar-refractivity contribution in [1.82, 2.24) is 10.2 Å². The Kier molecular flexibility index (Phi) is 12.5. The van der Waals surface area contributed by atoms with Crippen LogP contribution in [0.3, 0.4) is 0 Å². The number of carbonyl (C=O) groups is 2. The van der Waals surface area contributed by atoms with Crippen LogP contribution in [0.4, 0.5) is 0 Å². The first-order valence-electron chi connectivity index (χ1n) is 14.1. The van der Waals surface area contributed by atoms with Crippen molar-refractivity contribution < 1.29 is 19.1 Å². The minimum atomic E-state index is -0.651. The monoisotopic (exact) mass is 608 g/mol. The fourth-order valence-electron chi connectivity index (χ4n) is 4.47. The van der Waals surface area contributed by atoms with Gasteiger partial charge in [0.15, 0.2) is 11.5 Å². The van der Waals surface area contributed by atoms with Crippen molar-refractivity contribution in [3.63, 3.8) is 0 Å². The maximum Gasteiger partial charge on any atom is 0.243 e. The molecule has 0 aliphatic rings. The van der Waals surface area contributed by atoms with Crippen molar-refractivity contribution in [2.24, 2.45) is 0 Å². The van der Waals surface area contributed by atoms with Gasteiger partial charge in [0.25, 0.3) is 0 Å². The molecule has 0 saturated carbocycles. The molecule has 0 aliphatic carbocycles. The van der Waals surface area contributed by atoms with E-state index >= 15 is 0 Å². The molecular formula is C33H41BrN2O4. The number of nitrogens with zero attached hydrogens (tertiary/aromatic N) is 1. The van der Waals surface area contributed by atoms with Crippen molar-refractivity contribution >= 4 is 27.7 Å². The van der Waals surface area contributed by atoms with E-state index in [-0.39, 0.29) is 24.3 Å². The first-order chi connectivity index (χ1) is 19.3. The number of nitrogens with one attached hydrogen (secondary N) is 1. The highest BCUT2D eigenvalue weighted by Gasteiger charge is 2.31. The van der Waals surface area contributed by atoms with Gasteiger partial charge >= 0.3 is 0 Å². The Morgan fingerprint density at radius 3 is 2.23 bits per heavy atom. The Morgan fingerprint density at radius 2 is 1.55 bits per heavy atom. The Balaban J connectivity index is 1.91. The Morgan fingerprint density at radius 1 is 0.850 bits per heavy atom. The van der Waals surface area contributed by atoms with Crippen LogP contribution in [0.5, 0.6) is 11.5 Å². The van der Waals surface area contributed by atoms with E-state index in [1.165, 1.54) is 0 Å². The first kappa shape index (κ1) is 31.2. The molecule has 3 aromatic carbocycles. The van der Waals surface area contributed by atoms with Crippen molar-refractivity contribution in [1.29, 1.82) is 0 Å². The molecule has 0 saturated heterocycles. The third-order valence-corrected chi connectivity index (χ3v) is 7.24. The summed E-state index contributed by atoms with van der Waals surface area (Å²) in [5.74, 6) is 1.16. The highest BCUT2D eigenvalue weighted by Crippen LogP contribution is 2.29. The van der Waals surface area contributed by atoms with Crippen LogP contribution < -0.4 is 14.8 Å². The van der Waals surface area contributed by atoms with E-state index in [1.807, 2.05) is 100 Å². The lowest BCUT2D eigenvalue weighted by Crippen LogP contribution is -2.52. The van der Waals surface area contributed by atoms with Crippen molar-refractivity contribution in [2.75, 3.05) is 13.2 Å². The van der Waals surface area contributed by atoms with Crippen molar-refractivity contribution in [3.8, 4) is 11.5 Å². The van der Waals surface area contributed by atoms with E-state index in [2.05, 4.69) is 21.2 Å². The van der Waals surface area contributed by atoms with Crippen LogP contribution in [0.2, 0.25) is 0 Å². The van der Waals surface area contributed by atoms with Gasteiger partial charge in [0.1, 0.15) is 6.04 Å². The molecule has 0 heterocycles. The van der Waals surface area contributed by atoms with Gasteiger partial charge in [-0.25, -0.2) is 0 Å². The standard InChI is InChI=1S/C33H41BrN2O4/c1-5-24(4)35-33(38)29(21-25-12-9-8-10-13-25)36(23-27-14-11-15-28(34)20-27)32(37)19-17-26-16-18-30(39-6-2)31(22-26)40-7-3/h8-16,18,20,22,24,29H,5-7,17,19,21,23H2,1-4H3,(H,35,38)/t24-,29-/m0/s1. The van der Waals surface area contributed by atoms with Crippen LogP contribution in [0.25, 0.3) is 0 Å². The second-order valence-corrected chi connectivity index (χ2v) is 10.7. The van der Waals surface area contributed by atoms with E-state index < -0.39 is 6.04 Å². The Labute approximate surface area is 247 Å². The second-order valence-electron chi connectivity index (χ2n) is 9.82. The first-order valence-corrected chi connectivity index (χ1v) is 14.9. The zero-order valence-electron chi connectivity index (χ0n) is 24.0. The van der Waals surface area contributed by atoms with E-state index in [4.69, 9.17) is 9.47 Å². The topological polar surface area (TPSA) is 67.9 Å². The Bertz CT molecular complexity index is 1230. The number of hydrogen-bond acceptors (Lipinski definition) is 4. The Hall–Kier alpha value is -3.32. The van der Waals surface area contributed by atoms with Crippen LogP contribution in [0.1, 0.15) is 57.2 Å². The molecule has 0 unspecified atom stereocenters. The third kappa shape index (κ3) is 9.40. The summed E-state index contributed by atoms with van der Waals surface area (Å²) in [6.07, 6.45) is 2.02. The van der Waals surface area contributed by atoms with Gasteiger partial charge in [-0.2, -0.15) is 0 Å². The number of ether oxygens (including phenoxy) is 2. The average Bonchev–Trinajstić information content (AvgIpc) is 2.95. The third-order valence-electron chi connectivity index (χ3n) is 6.75. The summed E-state index contributed by atoms with van der Waals surface area (Å²) in [4.78, 5) is 29.4. The summed E-state index contributed by atoms with van der Waals surface area (Å²) in [5.41, 5.74) is 2.94. The molecule has 7 heteroatoms. The summed E-state index contributed by atoms with van der Waals surface area (Å²) in [7, 11) is 0. The predicted octanol–water partition coefficient (Wildman–Crippen LogP) is 6.73. The number of amides is 2. The van der Waals surface area contributed by atoms with Gasteiger partial charge in [0.2, 0.25) is 11.8 Å². The molecular weight excluding hydrogens is 568 g/mol. The summed E-state index contributed by atoms with van der Waals surface area (Å²) < 4.78 is 12.4. The van der Waals surface area contributed by atoms with E-state index in [9.17, 15) is 9.59 Å². The molecule has 214 valence electrons. The molecule has 0 bridgehead atoms. The van der Waals surface area contributed by atoms with E-state index in [1.54, 1.807) is 4.90 Å². The molecule has 0 aromatic heterocycles. The highest BCUT2D eigenvalue weighted by molar-refractivity contribution is 9.10. The highest BCUT2D eigenvalue weighted by atomic mass is 79.9. The molecule has 0 spiro atoms. The number of benzene rings is 3. The molecule has 0 fully saturated rings. The van der Waals surface area contributed by atoms with Crippen LogP contribution in [-0.2, 0) is 29.0 Å². The van der Waals surface area contributed by atoms with Gasteiger partial charge in [-0.1, -0.05) is 71.4 Å². The van der Waals surface area contributed by atoms with Gasteiger partial charge < -0.3 is 19.7 Å². The van der Waals surface area contributed by atoms with Crippen molar-refractivity contribution in [2.45, 2.75) is 72.0 Å². The van der Waals surface area contributed by atoms with E-state index in [0.717, 1.165) is 27.6 Å². The second kappa shape index (κ2) is 16.1. The van der Waals surface area contributed by atoms with Crippen LogP contribution in [-0.4, -0.2) is 42.0 Å². The number of carbonyl (C=O) groups excluding carboxylic acids is 2. The van der Waals surface area contributed by atoms with Crippen molar-refractivity contribution in [3.05, 3.63) is 94.0 Å². The largest absolute Gasteiger partial charge is 0.490 e. The summed E-state index contributed by atoms with van der Waals surface area (Å²) in [5, 5.41) is 3.12. The van der Waals surface area contributed by atoms with Crippen LogP contribution in [0, 0.1) is 0 Å². The molecule has 6 nitrogen and oxygen atoms in total. The van der Waals surface area contributed by atoms with Gasteiger partial charge in [-0.05, 0) is 74.6 Å². The molecule has 2 atom stereocenters. The zero-order chi connectivity index (χ0) is 28.9. The molecule has 0 aliphatic heterocycles. The average molecular weight is 610 g/mol. The summed E-state index contributed by atoms with van der Waals surface area (Å²) in [6, 6.07) is 22.9. The SMILES string of the molecule is CCOc1ccc(CCC(=O)N(Cc2cccc(Br)c2)[C@@H](Cc2ccccc2)C(=O)N[C@@H](C)CC)cc1OCC. The van der Waals surface area contributed by atoms with Crippen LogP contribution in [0.15, 0.2) is 77.3 Å². The predicted molar refractivity (Wildman–Crippen MR) is 164 cm³/mol. The summed E-state index contributed by atoms with van der Waals surface area (Å²) >= 11 is 3.54. The van der Waals surface area contributed by atoms with Gasteiger partial charge in [-0.3, -0.25) is 9.59 Å². The summed E-state index contributed by atoms with van der Waals surface area (Å²) in [6.45, 7) is 9.29. The molecule has 2 amide bonds. The maximum absolute atomic E-state index is 14.0. The number of aryl methyl sites for hydroxylation is 1. The van der Waals surface area contributed by atoms with Gasteiger partial charge in [-0.15, -0.1) is 0 Å². The molecule has 0 radical (unpaired) electrons. The minimum Gasteiger partial charge on any atom is -0.490 e. The van der Waals surface area contributed by atoms with E-state index in [0.29, 0.717) is 44.1 Å². The fourth-order valence-corrected chi connectivity index (χ4v) is 4.92. The zero-order valence-corrected chi connectivity index (χ0v) is 25.6. The smallest absolute Gasteiger partial charge is 0.243 e. The lowest BCUT2D eigenvalue weighted by molar-refractivity contribution is -0.141. The van der Waals surface area contributed by atoms with Crippen LogP contribution >= 0.6 is 15.9 Å². The number of hydrogen-bond donors (Lipinski definition) is 1. The quantitative estimate of drug-likeness (QED) is 0.208. The van der Waals surface area contributed by atoms with Gasteiger partial charge in [0.05, 0.1) is 13.2 Å². The molecule has 3 aromatic rings. The number of halogens is 1. The van der Waals surface area contributed by atoms with Gasteiger partial charge in [0, 0.05) is 29.9 Å². The molecule has 40 heavy (non-hydrogen) atoms. The maximum atomic E-state index is 14.0. The number of rotatable bonds is 15. The molecule has 1 N–H and O–H groups in total. The minimum absolute atomic E-state index is 0.00874.